The van der Waals surface area contributed by atoms with Crippen LogP contribution in [0.3, 0.4) is 0 Å². The molecule has 202 valence electrons. The summed E-state index contributed by atoms with van der Waals surface area (Å²) in [5.74, 6) is 1.02. The second-order valence-electron chi connectivity index (χ2n) is 9.40. The van der Waals surface area contributed by atoms with Crippen molar-refractivity contribution in [3.63, 3.8) is 0 Å². The number of hydrogen-bond acceptors (Lipinski definition) is 10. The van der Waals surface area contributed by atoms with Crippen LogP contribution >= 0.6 is 11.3 Å². The highest BCUT2D eigenvalue weighted by atomic mass is 32.1. The molecule has 40 heavy (non-hydrogen) atoms. The molecule has 0 radical (unpaired) electrons. The highest BCUT2D eigenvalue weighted by Crippen LogP contribution is 2.38. The fraction of sp³-hybridized carbons (Fsp3) is 0.286. The quantitative estimate of drug-likeness (QED) is 0.303. The van der Waals surface area contributed by atoms with Crippen LogP contribution in [0.5, 0.6) is 0 Å². The molecule has 0 saturated carbocycles. The van der Waals surface area contributed by atoms with Crippen molar-refractivity contribution in [3.05, 3.63) is 59.5 Å². The number of aliphatic hydroxyl groups excluding tert-OH is 1. The number of aliphatic hydroxyl groups is 1. The van der Waals surface area contributed by atoms with Crippen molar-refractivity contribution in [2.24, 2.45) is 0 Å². The molecule has 6 rings (SSSR count). The van der Waals surface area contributed by atoms with Gasteiger partial charge in [0.2, 0.25) is 5.95 Å². The van der Waals surface area contributed by atoms with Crippen molar-refractivity contribution < 1.29 is 9.50 Å². The normalized spacial score (nSPS) is 15.1. The molecule has 1 aliphatic heterocycles. The van der Waals surface area contributed by atoms with E-state index < -0.39 is 0 Å². The van der Waals surface area contributed by atoms with Gasteiger partial charge in [-0.15, -0.1) is 0 Å². The van der Waals surface area contributed by atoms with Gasteiger partial charge in [-0.2, -0.15) is 10.4 Å². The second-order valence-corrected chi connectivity index (χ2v) is 10.4. The van der Waals surface area contributed by atoms with E-state index in [1.165, 1.54) is 23.5 Å². The molecular weight excluding hydrogens is 529 g/mol. The zero-order chi connectivity index (χ0) is 27.8. The fourth-order valence-electron chi connectivity index (χ4n) is 4.86. The van der Waals surface area contributed by atoms with E-state index >= 15 is 0 Å². The Morgan fingerprint density at radius 1 is 1.10 bits per heavy atom. The Bertz CT molecular complexity index is 1710. The van der Waals surface area contributed by atoms with E-state index in [0.29, 0.717) is 64.5 Å². The second kappa shape index (κ2) is 10.6. The number of rotatable bonds is 7. The van der Waals surface area contributed by atoms with Crippen LogP contribution < -0.4 is 9.80 Å². The van der Waals surface area contributed by atoms with Gasteiger partial charge in [-0.1, -0.05) is 11.3 Å². The first-order chi connectivity index (χ1) is 19.5. The zero-order valence-corrected chi connectivity index (χ0v) is 22.8. The maximum Gasteiger partial charge on any atom is 0.225 e. The molecule has 5 heterocycles. The molecule has 4 aromatic heterocycles. The lowest BCUT2D eigenvalue weighted by molar-refractivity contribution is 0.198. The van der Waals surface area contributed by atoms with Crippen molar-refractivity contribution in [3.8, 4) is 28.6 Å². The minimum absolute atomic E-state index is 0.344. The average Bonchev–Trinajstić information content (AvgIpc) is 3.71. The predicted molar refractivity (Wildman–Crippen MR) is 152 cm³/mol. The molecule has 5 aromatic rings. The monoisotopic (exact) mass is 555 g/mol. The van der Waals surface area contributed by atoms with Gasteiger partial charge in [0.15, 0.2) is 10.9 Å². The summed E-state index contributed by atoms with van der Waals surface area (Å²) in [5.41, 5.74) is 4.10. The van der Waals surface area contributed by atoms with Crippen LogP contribution in [0.2, 0.25) is 0 Å². The lowest BCUT2D eigenvalue weighted by atomic mass is 10.1. The number of β-amino-alcohol motifs (C(OH)–C–C–N with tert-alkyl or cyclic N) is 1. The van der Waals surface area contributed by atoms with Crippen LogP contribution in [0.15, 0.2) is 48.8 Å². The van der Waals surface area contributed by atoms with Crippen molar-refractivity contribution in [2.45, 2.75) is 32.9 Å². The Morgan fingerprint density at radius 3 is 2.52 bits per heavy atom. The van der Waals surface area contributed by atoms with Gasteiger partial charge in [0.05, 0.1) is 11.8 Å². The number of benzene rings is 1. The van der Waals surface area contributed by atoms with Crippen LogP contribution in [-0.4, -0.2) is 60.6 Å². The minimum Gasteiger partial charge on any atom is -0.391 e. The fourth-order valence-corrected chi connectivity index (χ4v) is 5.82. The number of nitrogens with zero attached hydrogens (tertiary/aromatic N) is 9. The van der Waals surface area contributed by atoms with Crippen LogP contribution in [-0.2, 0) is 6.54 Å². The smallest absolute Gasteiger partial charge is 0.225 e. The van der Waals surface area contributed by atoms with Gasteiger partial charge in [-0.3, -0.25) is 0 Å². The summed E-state index contributed by atoms with van der Waals surface area (Å²) < 4.78 is 15.4. The van der Waals surface area contributed by atoms with E-state index in [0.717, 1.165) is 23.4 Å². The molecular formula is C28H26FN9OS. The third-order valence-electron chi connectivity index (χ3n) is 6.88. The topological polar surface area (TPSA) is 120 Å². The van der Waals surface area contributed by atoms with Crippen LogP contribution in [0.4, 0.5) is 21.3 Å². The highest BCUT2D eigenvalue weighted by Gasteiger charge is 2.25. The molecule has 1 aliphatic rings. The molecule has 0 amide bonds. The molecule has 0 spiro atoms. The van der Waals surface area contributed by atoms with E-state index in [1.807, 2.05) is 40.5 Å². The Kier molecular flexibility index (Phi) is 6.83. The number of nitriles is 1. The summed E-state index contributed by atoms with van der Waals surface area (Å²) >= 11 is 1.28. The minimum atomic E-state index is -0.351. The number of thiazole rings is 1. The molecule has 10 nitrogen and oxygen atoms in total. The van der Waals surface area contributed by atoms with Gasteiger partial charge < -0.3 is 14.9 Å². The van der Waals surface area contributed by atoms with Gasteiger partial charge in [0.25, 0.3) is 0 Å². The molecule has 12 heteroatoms. The number of anilines is 3. The lowest BCUT2D eigenvalue weighted by Crippen LogP contribution is -2.23. The van der Waals surface area contributed by atoms with Gasteiger partial charge in [0.1, 0.15) is 33.5 Å². The number of aromatic nitrogens is 6. The Hall–Kier alpha value is -4.47. The summed E-state index contributed by atoms with van der Waals surface area (Å²) in [4.78, 5) is 23.3. The largest absolute Gasteiger partial charge is 0.391 e. The first kappa shape index (κ1) is 25.8. The summed E-state index contributed by atoms with van der Waals surface area (Å²) in [6.07, 6.45) is 3.85. The highest BCUT2D eigenvalue weighted by molar-refractivity contribution is 7.16. The summed E-state index contributed by atoms with van der Waals surface area (Å²) in [5, 5.41) is 25.1. The number of aryl methyl sites for hydroxylation is 1. The van der Waals surface area contributed by atoms with E-state index in [4.69, 9.17) is 15.1 Å². The van der Waals surface area contributed by atoms with Gasteiger partial charge in [0, 0.05) is 49.7 Å². The van der Waals surface area contributed by atoms with E-state index in [2.05, 4.69) is 16.0 Å². The maximum atomic E-state index is 13.5. The molecule has 1 aromatic carbocycles. The zero-order valence-electron chi connectivity index (χ0n) is 22.0. The first-order valence-electron chi connectivity index (χ1n) is 13.1. The van der Waals surface area contributed by atoms with Crippen LogP contribution in [0.1, 0.15) is 25.1 Å². The predicted octanol–water partition coefficient (Wildman–Crippen LogP) is 4.77. The van der Waals surface area contributed by atoms with Crippen molar-refractivity contribution >= 4 is 39.3 Å². The SMILES string of the molecule is CCN(c1nc(-c2ccc(F)cc2)c(C#N)s1)c1c2nc(-c3cnc(N4CC[C@@H](O)C4)nc3)ccc2nn1CC. The average molecular weight is 556 g/mol. The standard InChI is InChI=1S/C28H26FN9OS/c1-3-37(28-34-24(23(13-30)40-28)17-5-7-19(29)8-6-17)26-25-22(35-38(26)4-2)10-9-21(33-25)18-14-31-27(32-15-18)36-12-11-20(39)16-36/h5-10,14-15,20,39H,3-4,11-12,16H2,1-2H3/t20-/m1/s1. The molecule has 1 fully saturated rings. The number of hydrogen-bond donors (Lipinski definition) is 1. The summed E-state index contributed by atoms with van der Waals surface area (Å²) in [6, 6.07) is 12.1. The molecule has 1 saturated heterocycles. The third-order valence-corrected chi connectivity index (χ3v) is 7.86. The van der Waals surface area contributed by atoms with Crippen molar-refractivity contribution in [1.82, 2.24) is 29.7 Å². The van der Waals surface area contributed by atoms with E-state index in [9.17, 15) is 14.8 Å². The Labute approximate surface area is 234 Å². The number of fused-ring (bicyclic) bond motifs is 1. The van der Waals surface area contributed by atoms with Crippen molar-refractivity contribution in [2.75, 3.05) is 29.4 Å². The summed E-state index contributed by atoms with van der Waals surface area (Å²) in [7, 11) is 0. The molecule has 0 bridgehead atoms. The third kappa shape index (κ3) is 4.63. The van der Waals surface area contributed by atoms with E-state index in [1.54, 1.807) is 24.5 Å². The van der Waals surface area contributed by atoms with Gasteiger partial charge in [-0.05, 0) is 56.7 Å². The molecule has 0 unspecified atom stereocenters. The lowest BCUT2D eigenvalue weighted by Gasteiger charge is -2.20. The first-order valence-corrected chi connectivity index (χ1v) is 13.9. The number of pyridine rings is 1. The Balaban J connectivity index is 1.40. The molecule has 1 atom stereocenters. The van der Waals surface area contributed by atoms with Crippen molar-refractivity contribution in [1.29, 1.82) is 5.26 Å². The number of halogens is 1. The van der Waals surface area contributed by atoms with Gasteiger partial charge >= 0.3 is 0 Å². The van der Waals surface area contributed by atoms with Crippen LogP contribution in [0, 0.1) is 17.1 Å². The Morgan fingerprint density at radius 2 is 1.88 bits per heavy atom. The van der Waals surface area contributed by atoms with Crippen LogP contribution in [0.25, 0.3) is 33.5 Å². The molecule has 1 N–H and O–H groups in total. The molecule has 0 aliphatic carbocycles. The summed E-state index contributed by atoms with van der Waals surface area (Å²) in [6.45, 7) is 6.45. The maximum absolute atomic E-state index is 13.5. The van der Waals surface area contributed by atoms with Gasteiger partial charge in [-0.25, -0.2) is 29.0 Å². The van der Waals surface area contributed by atoms with E-state index in [-0.39, 0.29) is 11.9 Å².